The molecule has 0 bridgehead atoms. The molecule has 2 N–H and O–H groups in total. The Kier molecular flexibility index (Phi) is 3.72. The van der Waals surface area contributed by atoms with Crippen molar-refractivity contribution in [1.29, 1.82) is 0 Å². The molecule has 1 aliphatic heterocycles. The number of nitrogens with zero attached hydrogens (tertiary/aromatic N) is 3. The first-order valence-corrected chi connectivity index (χ1v) is 7.79. The third-order valence-electron chi connectivity index (χ3n) is 4.94. The van der Waals surface area contributed by atoms with Gasteiger partial charge in [0, 0.05) is 24.7 Å². The van der Waals surface area contributed by atoms with Crippen LogP contribution in [0.2, 0.25) is 0 Å². The predicted molar refractivity (Wildman–Crippen MR) is 86.7 cm³/mol. The van der Waals surface area contributed by atoms with Gasteiger partial charge in [-0.05, 0) is 31.5 Å². The van der Waals surface area contributed by atoms with Gasteiger partial charge in [-0.2, -0.15) is 5.10 Å². The van der Waals surface area contributed by atoms with Crippen LogP contribution in [0.5, 0.6) is 0 Å². The highest BCUT2D eigenvalue weighted by Gasteiger charge is 2.45. The predicted octanol–water partition coefficient (Wildman–Crippen LogP) is 2.09. The summed E-state index contributed by atoms with van der Waals surface area (Å²) in [7, 11) is 0. The van der Waals surface area contributed by atoms with E-state index in [1.165, 1.54) is 0 Å². The van der Waals surface area contributed by atoms with Gasteiger partial charge in [0.15, 0.2) is 0 Å². The van der Waals surface area contributed by atoms with Crippen LogP contribution < -0.4 is 0 Å². The average molecular weight is 314 g/mol. The van der Waals surface area contributed by atoms with Crippen LogP contribution in [0.15, 0.2) is 30.5 Å². The quantitative estimate of drug-likeness (QED) is 0.889. The number of carbonyl (C=O) groups is 1. The second-order valence-electron chi connectivity index (χ2n) is 7.02. The second-order valence-corrected chi connectivity index (χ2v) is 7.02. The van der Waals surface area contributed by atoms with Crippen LogP contribution in [-0.2, 0) is 0 Å². The van der Waals surface area contributed by atoms with Crippen molar-refractivity contribution in [2.45, 2.75) is 32.8 Å². The number of aromatic nitrogens is 3. The van der Waals surface area contributed by atoms with E-state index in [0.29, 0.717) is 30.9 Å². The summed E-state index contributed by atoms with van der Waals surface area (Å²) in [6.07, 6.45) is 2.26. The molecule has 1 aliphatic rings. The van der Waals surface area contributed by atoms with E-state index in [4.69, 9.17) is 0 Å². The van der Waals surface area contributed by atoms with Crippen molar-refractivity contribution in [3.63, 3.8) is 0 Å². The number of piperidine rings is 1. The number of aliphatic hydroxyl groups is 1. The monoisotopic (exact) mass is 314 g/mol. The van der Waals surface area contributed by atoms with Crippen LogP contribution in [0.3, 0.4) is 0 Å². The van der Waals surface area contributed by atoms with E-state index < -0.39 is 5.60 Å². The molecule has 0 aromatic carbocycles. The summed E-state index contributed by atoms with van der Waals surface area (Å²) >= 11 is 0. The molecule has 0 unspecified atom stereocenters. The molecule has 2 aromatic rings. The third kappa shape index (κ3) is 2.86. The molecule has 1 atom stereocenters. The van der Waals surface area contributed by atoms with Gasteiger partial charge in [0.1, 0.15) is 11.4 Å². The van der Waals surface area contributed by atoms with Crippen LogP contribution in [0.4, 0.5) is 0 Å². The minimum absolute atomic E-state index is 0.0942. The summed E-state index contributed by atoms with van der Waals surface area (Å²) in [6, 6.07) is 7.30. The molecule has 0 radical (unpaired) electrons. The van der Waals surface area contributed by atoms with E-state index in [-0.39, 0.29) is 11.3 Å². The topological polar surface area (TPSA) is 82.1 Å². The Hall–Kier alpha value is -2.21. The van der Waals surface area contributed by atoms with Crippen molar-refractivity contribution in [2.75, 3.05) is 13.1 Å². The molecule has 1 amide bonds. The summed E-state index contributed by atoms with van der Waals surface area (Å²) in [4.78, 5) is 18.7. The Morgan fingerprint density at radius 2 is 2.09 bits per heavy atom. The average Bonchev–Trinajstić information content (AvgIpc) is 3.00. The second kappa shape index (κ2) is 5.45. The lowest BCUT2D eigenvalue weighted by atomic mass is 9.71. The third-order valence-corrected chi connectivity index (χ3v) is 4.94. The SMILES string of the molecule is CC1(C)CN(C(=O)c2cc(-c3ccccn3)n[nH]2)CC[C@]1(C)O. The van der Waals surface area contributed by atoms with E-state index in [1.807, 2.05) is 39.0 Å². The van der Waals surface area contributed by atoms with Gasteiger partial charge in [-0.3, -0.25) is 14.9 Å². The highest BCUT2D eigenvalue weighted by Crippen LogP contribution is 2.38. The van der Waals surface area contributed by atoms with Gasteiger partial charge in [-0.1, -0.05) is 19.9 Å². The highest BCUT2D eigenvalue weighted by molar-refractivity contribution is 5.93. The minimum Gasteiger partial charge on any atom is -0.389 e. The summed E-state index contributed by atoms with van der Waals surface area (Å²) in [6.45, 7) is 6.85. The number of aromatic amines is 1. The number of H-pyrrole nitrogens is 1. The Morgan fingerprint density at radius 1 is 1.30 bits per heavy atom. The van der Waals surface area contributed by atoms with Crippen molar-refractivity contribution in [2.24, 2.45) is 5.41 Å². The maximum Gasteiger partial charge on any atom is 0.271 e. The Labute approximate surface area is 135 Å². The normalized spacial score (nSPS) is 23.7. The van der Waals surface area contributed by atoms with E-state index in [9.17, 15) is 9.90 Å². The Bertz CT molecular complexity index is 706. The zero-order valence-corrected chi connectivity index (χ0v) is 13.7. The van der Waals surface area contributed by atoms with Gasteiger partial charge < -0.3 is 10.0 Å². The fourth-order valence-corrected chi connectivity index (χ4v) is 2.84. The number of hydrogen-bond acceptors (Lipinski definition) is 4. The lowest BCUT2D eigenvalue weighted by Crippen LogP contribution is -2.57. The molecule has 0 aliphatic carbocycles. The van der Waals surface area contributed by atoms with Crippen molar-refractivity contribution in [3.05, 3.63) is 36.2 Å². The minimum atomic E-state index is -0.767. The molecule has 1 fully saturated rings. The molecule has 23 heavy (non-hydrogen) atoms. The summed E-state index contributed by atoms with van der Waals surface area (Å²) in [5.74, 6) is -0.0942. The lowest BCUT2D eigenvalue weighted by molar-refractivity contribution is -0.0971. The van der Waals surface area contributed by atoms with E-state index in [1.54, 1.807) is 17.2 Å². The number of rotatable bonds is 2. The Morgan fingerprint density at radius 3 is 2.74 bits per heavy atom. The first kappa shape index (κ1) is 15.7. The molecule has 6 nitrogen and oxygen atoms in total. The Balaban J connectivity index is 1.78. The van der Waals surface area contributed by atoms with Crippen molar-refractivity contribution >= 4 is 5.91 Å². The number of nitrogens with one attached hydrogen (secondary N) is 1. The van der Waals surface area contributed by atoms with E-state index in [0.717, 1.165) is 5.69 Å². The standard InChI is InChI=1S/C17H22N4O2/c1-16(2)11-21(9-7-17(16,3)23)15(22)14-10-13(19-20-14)12-6-4-5-8-18-12/h4-6,8,10,23H,7,9,11H2,1-3H3,(H,19,20)/t17-/m0/s1. The molecule has 2 aromatic heterocycles. The van der Waals surface area contributed by atoms with Gasteiger partial charge >= 0.3 is 0 Å². The molecule has 3 heterocycles. The fourth-order valence-electron chi connectivity index (χ4n) is 2.84. The zero-order chi connectivity index (χ0) is 16.7. The summed E-state index contributed by atoms with van der Waals surface area (Å²) < 4.78 is 0. The molecule has 0 saturated carbocycles. The largest absolute Gasteiger partial charge is 0.389 e. The van der Waals surface area contributed by atoms with Gasteiger partial charge in [-0.15, -0.1) is 0 Å². The number of pyridine rings is 1. The van der Waals surface area contributed by atoms with Crippen LogP contribution in [-0.4, -0.2) is 49.8 Å². The molecule has 3 rings (SSSR count). The molecule has 122 valence electrons. The van der Waals surface area contributed by atoms with E-state index in [2.05, 4.69) is 15.2 Å². The van der Waals surface area contributed by atoms with Gasteiger partial charge in [-0.25, -0.2) is 0 Å². The van der Waals surface area contributed by atoms with Crippen molar-refractivity contribution in [1.82, 2.24) is 20.1 Å². The summed E-state index contributed by atoms with van der Waals surface area (Å²) in [5, 5.41) is 17.4. The maximum absolute atomic E-state index is 12.7. The highest BCUT2D eigenvalue weighted by atomic mass is 16.3. The van der Waals surface area contributed by atoms with E-state index >= 15 is 0 Å². The molecule has 0 spiro atoms. The number of likely N-dealkylation sites (tertiary alicyclic amines) is 1. The van der Waals surface area contributed by atoms with Gasteiger partial charge in [0.05, 0.1) is 11.3 Å². The van der Waals surface area contributed by atoms with Gasteiger partial charge in [0.25, 0.3) is 5.91 Å². The van der Waals surface area contributed by atoms with Crippen LogP contribution in [0, 0.1) is 5.41 Å². The fraction of sp³-hybridized carbons (Fsp3) is 0.471. The number of carbonyl (C=O) groups excluding carboxylic acids is 1. The zero-order valence-electron chi connectivity index (χ0n) is 13.7. The maximum atomic E-state index is 12.7. The number of hydrogen-bond donors (Lipinski definition) is 2. The van der Waals surface area contributed by atoms with Crippen LogP contribution >= 0.6 is 0 Å². The van der Waals surface area contributed by atoms with Crippen molar-refractivity contribution < 1.29 is 9.90 Å². The lowest BCUT2D eigenvalue weighted by Gasteiger charge is -2.48. The molecular weight excluding hydrogens is 292 g/mol. The van der Waals surface area contributed by atoms with Gasteiger partial charge in [0.2, 0.25) is 0 Å². The molecule has 6 heteroatoms. The smallest absolute Gasteiger partial charge is 0.271 e. The summed E-state index contributed by atoms with van der Waals surface area (Å²) in [5.41, 5.74) is 0.701. The van der Waals surface area contributed by atoms with Crippen LogP contribution in [0.1, 0.15) is 37.7 Å². The first-order valence-electron chi connectivity index (χ1n) is 7.79. The number of amides is 1. The molecule has 1 saturated heterocycles. The van der Waals surface area contributed by atoms with Crippen molar-refractivity contribution in [3.8, 4) is 11.4 Å². The molecular formula is C17H22N4O2. The van der Waals surface area contributed by atoms with Crippen LogP contribution in [0.25, 0.3) is 11.4 Å². The first-order chi connectivity index (χ1) is 10.8.